The number of hydrogen-bond acceptors (Lipinski definition) is 7. The zero-order chi connectivity index (χ0) is 23.8. The summed E-state index contributed by atoms with van der Waals surface area (Å²) in [5.41, 5.74) is 1.61. The van der Waals surface area contributed by atoms with Gasteiger partial charge in [0.05, 0.1) is 17.8 Å². The third-order valence-corrected chi connectivity index (χ3v) is 8.11. The van der Waals surface area contributed by atoms with Crippen LogP contribution in [0.1, 0.15) is 21.5 Å². The van der Waals surface area contributed by atoms with Crippen molar-refractivity contribution in [3.63, 3.8) is 0 Å². The minimum Gasteiger partial charge on any atom is -0.493 e. The molecule has 9 heteroatoms. The van der Waals surface area contributed by atoms with E-state index in [4.69, 9.17) is 8.92 Å². The highest BCUT2D eigenvalue weighted by Gasteiger charge is 2.32. The Bertz CT molecular complexity index is 1480. The monoisotopic (exact) mass is 484 g/mol. The normalized spacial score (nSPS) is 16.3. The van der Waals surface area contributed by atoms with E-state index < -0.39 is 25.7 Å². The fourth-order valence-electron chi connectivity index (χ4n) is 3.47. The first-order chi connectivity index (χ1) is 15.6. The molecule has 1 aliphatic heterocycles. The van der Waals surface area contributed by atoms with Crippen LogP contribution in [-0.4, -0.2) is 35.5 Å². The lowest BCUT2D eigenvalue weighted by Crippen LogP contribution is -2.24. The number of benzene rings is 3. The van der Waals surface area contributed by atoms with Crippen LogP contribution >= 0.6 is 0 Å². The SMILES string of the molecule is COc1cc(/C=C2\CS(=O)(=O)c3ccccc3C2=O)ccc1OS(=O)(=O)c1ccc(C)cc1. The molecule has 0 spiro atoms. The van der Waals surface area contributed by atoms with E-state index in [9.17, 15) is 21.6 Å². The largest absolute Gasteiger partial charge is 0.493 e. The summed E-state index contributed by atoms with van der Waals surface area (Å²) >= 11 is 0. The minimum absolute atomic E-state index is 0.00183. The number of rotatable bonds is 5. The molecule has 0 fully saturated rings. The van der Waals surface area contributed by atoms with E-state index in [2.05, 4.69) is 0 Å². The topological polar surface area (TPSA) is 104 Å². The summed E-state index contributed by atoms with van der Waals surface area (Å²) in [6.07, 6.45) is 1.45. The lowest BCUT2D eigenvalue weighted by atomic mass is 10.0. The zero-order valence-corrected chi connectivity index (χ0v) is 19.4. The predicted octanol–water partition coefficient (Wildman–Crippen LogP) is 3.82. The van der Waals surface area contributed by atoms with Gasteiger partial charge in [-0.1, -0.05) is 35.9 Å². The smallest absolute Gasteiger partial charge is 0.339 e. The first-order valence-corrected chi connectivity index (χ1v) is 12.9. The fraction of sp³-hybridized carbons (Fsp3) is 0.125. The number of carbonyl (C=O) groups excluding carboxylic acids is 1. The first-order valence-electron chi connectivity index (χ1n) is 9.87. The number of ketones is 1. The highest BCUT2D eigenvalue weighted by Crippen LogP contribution is 2.33. The van der Waals surface area contributed by atoms with Crippen molar-refractivity contribution < 1.29 is 30.6 Å². The van der Waals surface area contributed by atoms with Crippen LogP contribution in [0.2, 0.25) is 0 Å². The van der Waals surface area contributed by atoms with Gasteiger partial charge in [-0.05, 0) is 55.0 Å². The highest BCUT2D eigenvalue weighted by molar-refractivity contribution is 7.92. The second-order valence-corrected chi connectivity index (χ2v) is 11.0. The number of aryl methyl sites for hydroxylation is 1. The summed E-state index contributed by atoms with van der Waals surface area (Å²) in [7, 11) is -6.39. The second kappa shape index (κ2) is 8.49. The van der Waals surface area contributed by atoms with Crippen LogP contribution in [0.3, 0.4) is 0 Å². The highest BCUT2D eigenvalue weighted by atomic mass is 32.2. The molecule has 0 saturated carbocycles. The van der Waals surface area contributed by atoms with Gasteiger partial charge in [0.15, 0.2) is 27.1 Å². The van der Waals surface area contributed by atoms with Crippen LogP contribution in [-0.2, 0) is 20.0 Å². The molecule has 3 aromatic rings. The van der Waals surface area contributed by atoms with E-state index in [1.807, 2.05) is 6.92 Å². The summed E-state index contributed by atoms with van der Waals surface area (Å²) in [6, 6.07) is 16.7. The standard InChI is InChI=1S/C24H20O7S2/c1-16-7-10-19(11-8-16)33(28,29)31-21-12-9-17(14-22(21)30-2)13-18-15-32(26,27)23-6-4-3-5-20(23)24(18)25/h3-14H,15H2,1-2H3/b18-13+. The Morgan fingerprint density at radius 2 is 1.64 bits per heavy atom. The van der Waals surface area contributed by atoms with Crippen molar-refractivity contribution in [1.29, 1.82) is 0 Å². The fourth-order valence-corrected chi connectivity index (χ4v) is 5.97. The van der Waals surface area contributed by atoms with Crippen molar-refractivity contribution in [2.45, 2.75) is 16.7 Å². The molecule has 0 aliphatic carbocycles. The van der Waals surface area contributed by atoms with Crippen LogP contribution < -0.4 is 8.92 Å². The van der Waals surface area contributed by atoms with Gasteiger partial charge in [0, 0.05) is 11.1 Å². The van der Waals surface area contributed by atoms with Crippen LogP contribution in [0.4, 0.5) is 0 Å². The summed E-state index contributed by atoms with van der Waals surface area (Å²) in [4.78, 5) is 12.9. The number of fused-ring (bicyclic) bond motifs is 1. The molecule has 1 aliphatic rings. The molecule has 0 bridgehead atoms. The molecule has 1 heterocycles. The lowest BCUT2D eigenvalue weighted by Gasteiger charge is -2.18. The zero-order valence-electron chi connectivity index (χ0n) is 17.8. The van der Waals surface area contributed by atoms with Gasteiger partial charge >= 0.3 is 10.1 Å². The molecule has 0 unspecified atom stereocenters. The molecule has 7 nitrogen and oxygen atoms in total. The number of Topliss-reactive ketones (excluding diaryl/α,β-unsaturated/α-hetero) is 1. The lowest BCUT2D eigenvalue weighted by molar-refractivity contribution is 0.103. The Kier molecular flexibility index (Phi) is 5.85. The van der Waals surface area contributed by atoms with E-state index in [1.54, 1.807) is 24.3 Å². The van der Waals surface area contributed by atoms with Crippen molar-refractivity contribution in [3.8, 4) is 11.5 Å². The summed E-state index contributed by atoms with van der Waals surface area (Å²) in [5.74, 6) is -0.716. The second-order valence-electron chi connectivity index (χ2n) is 7.51. The molecule has 0 N–H and O–H groups in total. The molecule has 0 atom stereocenters. The van der Waals surface area contributed by atoms with Crippen molar-refractivity contribution in [2.75, 3.05) is 12.9 Å². The van der Waals surface area contributed by atoms with Crippen molar-refractivity contribution >= 4 is 31.8 Å². The van der Waals surface area contributed by atoms with Gasteiger partial charge in [-0.25, -0.2) is 8.42 Å². The first kappa shape index (κ1) is 22.8. The third-order valence-electron chi connectivity index (χ3n) is 5.14. The van der Waals surface area contributed by atoms with E-state index in [0.717, 1.165) is 5.56 Å². The van der Waals surface area contributed by atoms with Gasteiger partial charge in [0.2, 0.25) is 0 Å². The van der Waals surface area contributed by atoms with Crippen LogP contribution in [0, 0.1) is 6.92 Å². The number of hydrogen-bond donors (Lipinski definition) is 0. The molecule has 33 heavy (non-hydrogen) atoms. The molecule has 170 valence electrons. The molecule has 3 aromatic carbocycles. The van der Waals surface area contributed by atoms with Gasteiger partial charge in [-0.15, -0.1) is 0 Å². The molecule has 0 radical (unpaired) electrons. The van der Waals surface area contributed by atoms with Gasteiger partial charge < -0.3 is 8.92 Å². The minimum atomic E-state index is -4.09. The van der Waals surface area contributed by atoms with Gasteiger partial charge in [0.25, 0.3) is 0 Å². The molecular formula is C24H20O7S2. The Labute approximate surface area is 192 Å². The van der Waals surface area contributed by atoms with E-state index in [0.29, 0.717) is 5.56 Å². The number of ether oxygens (including phenoxy) is 1. The number of carbonyl (C=O) groups is 1. The van der Waals surface area contributed by atoms with Gasteiger partial charge in [0.1, 0.15) is 4.90 Å². The van der Waals surface area contributed by atoms with Gasteiger partial charge in [-0.2, -0.15) is 8.42 Å². The van der Waals surface area contributed by atoms with Crippen molar-refractivity contribution in [2.24, 2.45) is 0 Å². The summed E-state index contributed by atoms with van der Waals surface area (Å²) in [6.45, 7) is 1.84. The molecule has 0 amide bonds. The van der Waals surface area contributed by atoms with Crippen LogP contribution in [0.25, 0.3) is 6.08 Å². The van der Waals surface area contributed by atoms with Crippen LogP contribution in [0.5, 0.6) is 11.5 Å². The number of methoxy groups -OCH3 is 1. The van der Waals surface area contributed by atoms with E-state index >= 15 is 0 Å². The van der Waals surface area contributed by atoms with Crippen LogP contribution in [0.15, 0.2) is 82.1 Å². The molecule has 0 aromatic heterocycles. The quantitative estimate of drug-likeness (QED) is 0.400. The molecule has 4 rings (SSSR count). The molecular weight excluding hydrogens is 464 g/mol. The number of sulfone groups is 1. The Hall–Kier alpha value is -3.43. The van der Waals surface area contributed by atoms with E-state index in [1.165, 1.54) is 55.7 Å². The maximum atomic E-state index is 12.8. The van der Waals surface area contributed by atoms with Crippen molar-refractivity contribution in [3.05, 3.63) is 89.0 Å². The average molecular weight is 485 g/mol. The Balaban J connectivity index is 1.67. The summed E-state index contributed by atoms with van der Waals surface area (Å²) < 4.78 is 61.0. The Morgan fingerprint density at radius 1 is 0.939 bits per heavy atom. The maximum absolute atomic E-state index is 12.8. The maximum Gasteiger partial charge on any atom is 0.339 e. The predicted molar refractivity (Wildman–Crippen MR) is 123 cm³/mol. The van der Waals surface area contributed by atoms with Crippen molar-refractivity contribution in [1.82, 2.24) is 0 Å². The van der Waals surface area contributed by atoms with Gasteiger partial charge in [-0.3, -0.25) is 4.79 Å². The van der Waals surface area contributed by atoms with E-state index in [-0.39, 0.29) is 38.2 Å². The third kappa shape index (κ3) is 4.55. The Morgan fingerprint density at radius 3 is 2.33 bits per heavy atom. The average Bonchev–Trinajstić information content (AvgIpc) is 2.78. The molecule has 0 saturated heterocycles. The summed E-state index contributed by atoms with van der Waals surface area (Å²) in [5, 5.41) is 0.